The monoisotopic (exact) mass is 323 g/mol. The van der Waals surface area contributed by atoms with E-state index in [-0.39, 0.29) is 17.4 Å². The molecule has 1 unspecified atom stereocenters. The highest BCUT2D eigenvalue weighted by Crippen LogP contribution is 2.31. The Hall–Kier alpha value is -2.13. The molecule has 0 bridgehead atoms. The molecule has 0 aliphatic carbocycles. The standard InChI is InChI=1S/C21H25NO2/c1-21(17-10-4-2-5-11-17,18-12-6-3-7-13-18)16-22-20(23)19-14-8-9-15-24-19/h2-7,10-13,19H,8-9,14-16H2,1H3,(H,22,23). The highest BCUT2D eigenvalue weighted by molar-refractivity contribution is 5.81. The van der Waals surface area contributed by atoms with Crippen molar-refractivity contribution in [3.05, 3.63) is 71.8 Å². The fourth-order valence-electron chi connectivity index (χ4n) is 3.31. The first-order valence-corrected chi connectivity index (χ1v) is 8.70. The van der Waals surface area contributed by atoms with Gasteiger partial charge in [0.05, 0.1) is 0 Å². The van der Waals surface area contributed by atoms with Gasteiger partial charge in [0.1, 0.15) is 6.10 Å². The van der Waals surface area contributed by atoms with Crippen molar-refractivity contribution in [1.29, 1.82) is 0 Å². The average molecular weight is 323 g/mol. The number of rotatable bonds is 5. The summed E-state index contributed by atoms with van der Waals surface area (Å²) >= 11 is 0. The number of ether oxygens (including phenoxy) is 1. The molecule has 1 heterocycles. The summed E-state index contributed by atoms with van der Waals surface area (Å²) in [6.45, 7) is 3.42. The first-order chi connectivity index (χ1) is 11.7. The van der Waals surface area contributed by atoms with Crippen LogP contribution in [-0.4, -0.2) is 25.2 Å². The molecule has 0 spiro atoms. The van der Waals surface area contributed by atoms with E-state index in [1.807, 2.05) is 36.4 Å². The van der Waals surface area contributed by atoms with Gasteiger partial charge in [0.25, 0.3) is 0 Å². The number of hydrogen-bond donors (Lipinski definition) is 1. The van der Waals surface area contributed by atoms with E-state index in [0.29, 0.717) is 13.2 Å². The molecule has 1 fully saturated rings. The smallest absolute Gasteiger partial charge is 0.249 e. The Kier molecular flexibility index (Phi) is 5.31. The average Bonchev–Trinajstić information content (AvgIpc) is 2.68. The quantitative estimate of drug-likeness (QED) is 0.911. The van der Waals surface area contributed by atoms with E-state index in [0.717, 1.165) is 19.3 Å². The number of carbonyl (C=O) groups is 1. The predicted octanol–water partition coefficient (Wildman–Crippen LogP) is 3.68. The van der Waals surface area contributed by atoms with Crippen LogP contribution in [0.2, 0.25) is 0 Å². The molecule has 3 rings (SSSR count). The van der Waals surface area contributed by atoms with Crippen molar-refractivity contribution < 1.29 is 9.53 Å². The van der Waals surface area contributed by atoms with Crippen LogP contribution in [0.25, 0.3) is 0 Å². The topological polar surface area (TPSA) is 38.3 Å². The second-order valence-corrected chi connectivity index (χ2v) is 6.64. The molecule has 1 saturated heterocycles. The third kappa shape index (κ3) is 3.68. The molecule has 1 N–H and O–H groups in total. The van der Waals surface area contributed by atoms with Gasteiger partial charge < -0.3 is 10.1 Å². The van der Waals surface area contributed by atoms with Crippen LogP contribution in [0.1, 0.15) is 37.3 Å². The zero-order chi connectivity index (χ0) is 16.8. The van der Waals surface area contributed by atoms with E-state index in [9.17, 15) is 4.79 Å². The number of carbonyl (C=O) groups excluding carboxylic acids is 1. The Balaban J connectivity index is 1.79. The van der Waals surface area contributed by atoms with Gasteiger partial charge in [-0.25, -0.2) is 0 Å². The minimum absolute atomic E-state index is 0.00721. The summed E-state index contributed by atoms with van der Waals surface area (Å²) in [4.78, 5) is 12.5. The van der Waals surface area contributed by atoms with Crippen LogP contribution in [-0.2, 0) is 14.9 Å². The molecule has 0 aromatic heterocycles. The van der Waals surface area contributed by atoms with E-state index >= 15 is 0 Å². The minimum Gasteiger partial charge on any atom is -0.368 e. The van der Waals surface area contributed by atoms with Crippen LogP contribution in [0.5, 0.6) is 0 Å². The van der Waals surface area contributed by atoms with E-state index in [2.05, 4.69) is 36.5 Å². The summed E-state index contributed by atoms with van der Waals surface area (Å²) in [7, 11) is 0. The molecule has 1 aliphatic heterocycles. The maximum Gasteiger partial charge on any atom is 0.249 e. The van der Waals surface area contributed by atoms with Crippen LogP contribution in [0.3, 0.4) is 0 Å². The van der Waals surface area contributed by atoms with Gasteiger partial charge in [-0.15, -0.1) is 0 Å². The first kappa shape index (κ1) is 16.7. The molecule has 1 amide bonds. The highest BCUT2D eigenvalue weighted by atomic mass is 16.5. The van der Waals surface area contributed by atoms with Crippen molar-refractivity contribution in [3.63, 3.8) is 0 Å². The highest BCUT2D eigenvalue weighted by Gasteiger charge is 2.31. The lowest BCUT2D eigenvalue weighted by Crippen LogP contribution is -2.45. The molecular weight excluding hydrogens is 298 g/mol. The predicted molar refractivity (Wildman–Crippen MR) is 95.9 cm³/mol. The van der Waals surface area contributed by atoms with Gasteiger partial charge in [-0.3, -0.25) is 4.79 Å². The molecule has 2 aromatic carbocycles. The van der Waals surface area contributed by atoms with Crippen LogP contribution >= 0.6 is 0 Å². The molecule has 0 radical (unpaired) electrons. The fraction of sp³-hybridized carbons (Fsp3) is 0.381. The Morgan fingerprint density at radius 1 is 1.04 bits per heavy atom. The lowest BCUT2D eigenvalue weighted by molar-refractivity contribution is -0.135. The first-order valence-electron chi connectivity index (χ1n) is 8.70. The van der Waals surface area contributed by atoms with Gasteiger partial charge in [0, 0.05) is 18.6 Å². The molecule has 3 nitrogen and oxygen atoms in total. The number of hydrogen-bond acceptors (Lipinski definition) is 2. The summed E-state index contributed by atoms with van der Waals surface area (Å²) < 4.78 is 5.60. The zero-order valence-electron chi connectivity index (χ0n) is 14.2. The second-order valence-electron chi connectivity index (χ2n) is 6.64. The molecule has 126 valence electrons. The van der Waals surface area contributed by atoms with Crippen molar-refractivity contribution in [2.45, 2.75) is 37.7 Å². The lowest BCUT2D eigenvalue weighted by atomic mass is 9.76. The molecule has 2 aromatic rings. The van der Waals surface area contributed by atoms with Crippen molar-refractivity contribution >= 4 is 5.91 Å². The molecule has 3 heteroatoms. The molecule has 1 aliphatic rings. The van der Waals surface area contributed by atoms with E-state index in [4.69, 9.17) is 4.74 Å². The van der Waals surface area contributed by atoms with Gasteiger partial charge in [-0.05, 0) is 37.3 Å². The van der Waals surface area contributed by atoms with Crippen LogP contribution < -0.4 is 5.32 Å². The van der Waals surface area contributed by atoms with Gasteiger partial charge in [0.15, 0.2) is 0 Å². The maximum atomic E-state index is 12.5. The van der Waals surface area contributed by atoms with Crippen LogP contribution in [0, 0.1) is 0 Å². The summed E-state index contributed by atoms with van der Waals surface area (Å²) in [5, 5.41) is 3.13. The molecular formula is C21H25NO2. The molecule has 0 saturated carbocycles. The van der Waals surface area contributed by atoms with Crippen molar-refractivity contribution in [3.8, 4) is 0 Å². The third-order valence-electron chi connectivity index (χ3n) is 4.91. The normalized spacial score (nSPS) is 18.1. The van der Waals surface area contributed by atoms with Gasteiger partial charge in [0.2, 0.25) is 5.91 Å². The Morgan fingerprint density at radius 2 is 1.62 bits per heavy atom. The second kappa shape index (κ2) is 7.63. The Morgan fingerprint density at radius 3 is 2.12 bits per heavy atom. The largest absolute Gasteiger partial charge is 0.368 e. The summed E-state index contributed by atoms with van der Waals surface area (Å²) in [5.41, 5.74) is 2.12. The SMILES string of the molecule is CC(CNC(=O)C1CCCCO1)(c1ccccc1)c1ccccc1. The van der Waals surface area contributed by atoms with Gasteiger partial charge >= 0.3 is 0 Å². The van der Waals surface area contributed by atoms with Crippen molar-refractivity contribution in [2.75, 3.05) is 13.2 Å². The number of amides is 1. The Bertz CT molecular complexity index is 609. The van der Waals surface area contributed by atoms with Gasteiger partial charge in [-0.2, -0.15) is 0 Å². The summed E-state index contributed by atoms with van der Waals surface area (Å²) in [5.74, 6) is 0.00721. The van der Waals surface area contributed by atoms with Crippen LogP contribution in [0.4, 0.5) is 0 Å². The molecule has 24 heavy (non-hydrogen) atoms. The van der Waals surface area contributed by atoms with E-state index in [1.54, 1.807) is 0 Å². The zero-order valence-corrected chi connectivity index (χ0v) is 14.2. The summed E-state index contributed by atoms with van der Waals surface area (Å²) in [6, 6.07) is 20.7. The fourth-order valence-corrected chi connectivity index (χ4v) is 3.31. The van der Waals surface area contributed by atoms with Crippen LogP contribution in [0.15, 0.2) is 60.7 Å². The van der Waals surface area contributed by atoms with Crippen molar-refractivity contribution in [1.82, 2.24) is 5.32 Å². The molecule has 1 atom stereocenters. The van der Waals surface area contributed by atoms with Gasteiger partial charge in [-0.1, -0.05) is 60.7 Å². The third-order valence-corrected chi connectivity index (χ3v) is 4.91. The maximum absolute atomic E-state index is 12.5. The number of benzene rings is 2. The minimum atomic E-state index is -0.297. The lowest BCUT2D eigenvalue weighted by Gasteiger charge is -2.32. The Labute approximate surface area is 144 Å². The van der Waals surface area contributed by atoms with Crippen molar-refractivity contribution in [2.24, 2.45) is 0 Å². The summed E-state index contributed by atoms with van der Waals surface area (Å²) in [6.07, 6.45) is 2.64. The van der Waals surface area contributed by atoms with E-state index in [1.165, 1.54) is 11.1 Å². The van der Waals surface area contributed by atoms with E-state index < -0.39 is 0 Å². The number of nitrogens with one attached hydrogen (secondary N) is 1.